The summed E-state index contributed by atoms with van der Waals surface area (Å²) in [5, 5.41) is 13.2. The average Bonchev–Trinajstić information content (AvgIpc) is 2.38. The molecule has 96 valence electrons. The molecule has 0 aliphatic rings. The molecule has 0 aromatic heterocycles. The van der Waals surface area contributed by atoms with Gasteiger partial charge in [-0.15, -0.1) is 0 Å². The second-order valence-corrected chi connectivity index (χ2v) is 4.16. The van der Waals surface area contributed by atoms with Crippen LogP contribution in [0.1, 0.15) is 21.5 Å². The summed E-state index contributed by atoms with van der Waals surface area (Å²) in [7, 11) is 0. The molecule has 0 atom stereocenters. The van der Waals surface area contributed by atoms with Crippen LogP contribution in [0.5, 0.6) is 5.75 Å². The van der Waals surface area contributed by atoms with Crippen molar-refractivity contribution in [1.82, 2.24) is 5.43 Å². The first-order valence-corrected chi connectivity index (χ1v) is 5.84. The molecule has 0 saturated heterocycles. The summed E-state index contributed by atoms with van der Waals surface area (Å²) >= 11 is 0. The SMILES string of the molecule is Cc1cccc(/C=N\NC(=O)c2cccc(O)c2)c1. The van der Waals surface area contributed by atoms with Gasteiger partial charge in [-0.1, -0.05) is 35.9 Å². The summed E-state index contributed by atoms with van der Waals surface area (Å²) in [5.41, 5.74) is 4.82. The van der Waals surface area contributed by atoms with Gasteiger partial charge in [0.15, 0.2) is 0 Å². The third-order valence-electron chi connectivity index (χ3n) is 2.53. The van der Waals surface area contributed by atoms with Gasteiger partial charge in [0.25, 0.3) is 5.91 Å². The highest BCUT2D eigenvalue weighted by molar-refractivity contribution is 5.95. The Labute approximate surface area is 111 Å². The number of aryl methyl sites for hydroxylation is 1. The minimum Gasteiger partial charge on any atom is -0.508 e. The van der Waals surface area contributed by atoms with Gasteiger partial charge < -0.3 is 5.11 Å². The van der Waals surface area contributed by atoms with E-state index in [-0.39, 0.29) is 11.7 Å². The van der Waals surface area contributed by atoms with Crippen molar-refractivity contribution in [3.63, 3.8) is 0 Å². The Kier molecular flexibility index (Phi) is 3.93. The Bertz CT molecular complexity index is 621. The lowest BCUT2D eigenvalue weighted by Crippen LogP contribution is -2.17. The van der Waals surface area contributed by atoms with Gasteiger partial charge in [0.2, 0.25) is 0 Å². The Morgan fingerprint density at radius 1 is 1.21 bits per heavy atom. The van der Waals surface area contributed by atoms with Crippen molar-refractivity contribution in [3.8, 4) is 5.75 Å². The van der Waals surface area contributed by atoms with Gasteiger partial charge in [-0.3, -0.25) is 4.79 Å². The molecule has 2 N–H and O–H groups in total. The predicted octanol–water partition coefficient (Wildman–Crippen LogP) is 2.46. The summed E-state index contributed by atoms with van der Waals surface area (Å²) in [6.45, 7) is 1.99. The number of hydrazone groups is 1. The maximum Gasteiger partial charge on any atom is 0.271 e. The number of phenols is 1. The first-order valence-electron chi connectivity index (χ1n) is 5.84. The van der Waals surface area contributed by atoms with Gasteiger partial charge in [0.05, 0.1) is 6.21 Å². The van der Waals surface area contributed by atoms with Crippen LogP contribution < -0.4 is 5.43 Å². The number of hydrogen-bond acceptors (Lipinski definition) is 3. The predicted molar refractivity (Wildman–Crippen MR) is 74.3 cm³/mol. The summed E-state index contributed by atoms with van der Waals surface area (Å²) in [6.07, 6.45) is 1.58. The largest absolute Gasteiger partial charge is 0.508 e. The van der Waals surface area contributed by atoms with E-state index in [0.29, 0.717) is 5.56 Å². The molecular weight excluding hydrogens is 240 g/mol. The minimum atomic E-state index is -0.361. The smallest absolute Gasteiger partial charge is 0.271 e. The van der Waals surface area contributed by atoms with Crippen molar-refractivity contribution in [2.75, 3.05) is 0 Å². The standard InChI is InChI=1S/C15H14N2O2/c1-11-4-2-5-12(8-11)10-16-17-15(19)13-6-3-7-14(18)9-13/h2-10,18H,1H3,(H,17,19)/b16-10-. The Morgan fingerprint density at radius 2 is 2.00 bits per heavy atom. The number of nitrogens with one attached hydrogen (secondary N) is 1. The molecule has 1 amide bonds. The van der Waals surface area contributed by atoms with Crippen LogP contribution in [0.4, 0.5) is 0 Å². The number of hydrogen-bond donors (Lipinski definition) is 2. The van der Waals surface area contributed by atoms with E-state index >= 15 is 0 Å². The highest BCUT2D eigenvalue weighted by Gasteiger charge is 2.03. The molecule has 0 aliphatic carbocycles. The lowest BCUT2D eigenvalue weighted by Gasteiger charge is -2.00. The van der Waals surface area contributed by atoms with Crippen molar-refractivity contribution in [2.45, 2.75) is 6.92 Å². The van der Waals surface area contributed by atoms with Gasteiger partial charge in [-0.25, -0.2) is 5.43 Å². The molecule has 0 spiro atoms. The normalized spacial score (nSPS) is 10.6. The Hall–Kier alpha value is -2.62. The molecule has 2 rings (SSSR count). The molecular formula is C15H14N2O2. The van der Waals surface area contributed by atoms with E-state index in [1.165, 1.54) is 12.1 Å². The van der Waals surface area contributed by atoms with E-state index in [1.54, 1.807) is 18.3 Å². The van der Waals surface area contributed by atoms with Gasteiger partial charge in [0, 0.05) is 5.56 Å². The average molecular weight is 254 g/mol. The quantitative estimate of drug-likeness (QED) is 0.653. The number of aromatic hydroxyl groups is 1. The lowest BCUT2D eigenvalue weighted by molar-refractivity contribution is 0.0954. The fraction of sp³-hybridized carbons (Fsp3) is 0.0667. The molecule has 2 aromatic rings. The zero-order valence-corrected chi connectivity index (χ0v) is 10.5. The molecule has 2 aromatic carbocycles. The molecule has 0 radical (unpaired) electrons. The number of carbonyl (C=O) groups excluding carboxylic acids is 1. The lowest BCUT2D eigenvalue weighted by atomic mass is 10.2. The molecule has 0 fully saturated rings. The zero-order chi connectivity index (χ0) is 13.7. The van der Waals surface area contributed by atoms with Crippen molar-refractivity contribution in [2.24, 2.45) is 5.10 Å². The number of amides is 1. The minimum absolute atomic E-state index is 0.0512. The molecule has 0 aliphatic heterocycles. The fourth-order valence-electron chi connectivity index (χ4n) is 1.63. The highest BCUT2D eigenvalue weighted by Crippen LogP contribution is 2.10. The first kappa shape index (κ1) is 12.8. The van der Waals surface area contributed by atoms with E-state index in [4.69, 9.17) is 0 Å². The second kappa shape index (κ2) is 5.82. The first-order chi connectivity index (χ1) is 9.15. The summed E-state index contributed by atoms with van der Waals surface area (Å²) < 4.78 is 0. The van der Waals surface area contributed by atoms with Gasteiger partial charge in [-0.2, -0.15) is 5.10 Å². The van der Waals surface area contributed by atoms with Crippen LogP contribution in [0.25, 0.3) is 0 Å². The van der Waals surface area contributed by atoms with Crippen LogP contribution in [0, 0.1) is 6.92 Å². The maximum absolute atomic E-state index is 11.7. The van der Waals surface area contributed by atoms with Gasteiger partial charge in [-0.05, 0) is 30.7 Å². The fourth-order valence-corrected chi connectivity index (χ4v) is 1.63. The maximum atomic E-state index is 11.7. The Balaban J connectivity index is 2.01. The number of benzene rings is 2. The van der Waals surface area contributed by atoms with Gasteiger partial charge >= 0.3 is 0 Å². The molecule has 4 nitrogen and oxygen atoms in total. The molecule has 0 unspecified atom stereocenters. The van der Waals surface area contributed by atoms with E-state index in [1.807, 2.05) is 31.2 Å². The topological polar surface area (TPSA) is 61.7 Å². The van der Waals surface area contributed by atoms with Crippen LogP contribution >= 0.6 is 0 Å². The van der Waals surface area contributed by atoms with E-state index in [2.05, 4.69) is 10.5 Å². The van der Waals surface area contributed by atoms with Crippen LogP contribution in [0.3, 0.4) is 0 Å². The molecule has 4 heteroatoms. The van der Waals surface area contributed by atoms with Crippen LogP contribution in [-0.2, 0) is 0 Å². The highest BCUT2D eigenvalue weighted by atomic mass is 16.3. The molecule has 19 heavy (non-hydrogen) atoms. The number of phenolic OH excluding ortho intramolecular Hbond substituents is 1. The molecule has 0 saturated carbocycles. The second-order valence-electron chi connectivity index (χ2n) is 4.16. The number of nitrogens with zero attached hydrogens (tertiary/aromatic N) is 1. The van der Waals surface area contributed by atoms with Crippen LogP contribution in [0.2, 0.25) is 0 Å². The van der Waals surface area contributed by atoms with Crippen molar-refractivity contribution in [1.29, 1.82) is 0 Å². The Morgan fingerprint density at radius 3 is 2.74 bits per heavy atom. The van der Waals surface area contributed by atoms with E-state index < -0.39 is 0 Å². The van der Waals surface area contributed by atoms with Crippen molar-refractivity contribution in [3.05, 3.63) is 65.2 Å². The monoisotopic (exact) mass is 254 g/mol. The summed E-state index contributed by atoms with van der Waals surface area (Å²) in [4.78, 5) is 11.7. The summed E-state index contributed by atoms with van der Waals surface area (Å²) in [6, 6.07) is 13.9. The third kappa shape index (κ3) is 3.67. The van der Waals surface area contributed by atoms with E-state index in [9.17, 15) is 9.90 Å². The number of carbonyl (C=O) groups is 1. The summed E-state index contributed by atoms with van der Waals surface area (Å²) in [5.74, 6) is -0.310. The van der Waals surface area contributed by atoms with E-state index in [0.717, 1.165) is 11.1 Å². The van der Waals surface area contributed by atoms with Crippen molar-refractivity contribution >= 4 is 12.1 Å². The van der Waals surface area contributed by atoms with Crippen molar-refractivity contribution < 1.29 is 9.90 Å². The zero-order valence-electron chi connectivity index (χ0n) is 10.5. The number of rotatable bonds is 3. The molecule has 0 heterocycles. The van der Waals surface area contributed by atoms with Crippen LogP contribution in [0.15, 0.2) is 53.6 Å². The van der Waals surface area contributed by atoms with Gasteiger partial charge in [0.1, 0.15) is 5.75 Å². The third-order valence-corrected chi connectivity index (χ3v) is 2.53. The van der Waals surface area contributed by atoms with Crippen LogP contribution in [-0.4, -0.2) is 17.2 Å². The molecule has 0 bridgehead atoms.